The molecule has 0 fully saturated rings. The van der Waals surface area contributed by atoms with Crippen molar-refractivity contribution < 1.29 is 103 Å². The number of methoxy groups -OCH3 is 2. The topological polar surface area (TPSA) is 302 Å². The fraction of sp³-hybridized carbons (Fsp3) is 0.256. The fourth-order valence-corrected chi connectivity index (χ4v) is 8.10. The average molecular weight is 1110 g/mol. The van der Waals surface area contributed by atoms with Gasteiger partial charge in [-0.1, -0.05) is 30.3 Å². The van der Waals surface area contributed by atoms with E-state index >= 15 is 0 Å². The van der Waals surface area contributed by atoms with Gasteiger partial charge < -0.3 is 57.1 Å². The van der Waals surface area contributed by atoms with Crippen molar-refractivity contribution in [1.29, 1.82) is 0 Å². The number of amides is 5. The summed E-state index contributed by atoms with van der Waals surface area (Å²) in [7, 11) is 2.06. The molecule has 0 saturated carbocycles. The number of rotatable bonds is 16. The SMILES string of the molecule is COC(=O)[C@H](CN)NC(=O)c1sc(C(=O)NCc2cccc(O)c2)cc1C(F)(F)F.COC(=O)[C@H](CNC(=O)c1cccs1)NC(=O)c1sc(C(=O)NCc2cccc(O)c2)cc1C(F)(F)F.O=C(O)C(F)(F)F. The van der Waals surface area contributed by atoms with E-state index in [1.54, 1.807) is 29.6 Å². The number of alkyl halides is 9. The van der Waals surface area contributed by atoms with Crippen LogP contribution in [0, 0.1) is 0 Å². The third-order valence-electron chi connectivity index (χ3n) is 8.93. The second-order valence-corrected chi connectivity index (χ2v) is 17.3. The number of benzene rings is 2. The number of phenols is 2. The Hall–Kier alpha value is -7.77. The summed E-state index contributed by atoms with van der Waals surface area (Å²) in [4.78, 5) is 92.6. The van der Waals surface area contributed by atoms with Crippen molar-refractivity contribution in [2.45, 2.75) is 43.7 Å². The van der Waals surface area contributed by atoms with E-state index in [1.165, 1.54) is 36.4 Å². The maximum atomic E-state index is 13.7. The number of ether oxygens (including phenoxy) is 2. The monoisotopic (exact) mass is 1110 g/mol. The van der Waals surface area contributed by atoms with Crippen LogP contribution in [0.4, 0.5) is 39.5 Å². The number of carboxylic acids is 1. The second kappa shape index (κ2) is 26.8. The standard InChI is InChI=1S/C23H20F3N3O6S2.C18H18F3N3O5S.C2HF3O2/c1-35-22(34)15(11-28-19(31)16-6-3-7-36-16)29-21(33)18-14(23(24,25)26)9-17(37-18)20(32)27-10-12-4-2-5-13(30)8-12;1-29-17(28)12(7-22)24-16(27)14-11(18(19,20)21)6-13(30-14)15(26)23-8-9-3-2-4-10(25)5-9;3-2(4,5)1(6)7/h2-9,15,30H,10-11H2,1H3,(H,27,32)(H,28,31)(H,29,33);2-6,12,25H,7-8,22H2,1H3,(H,23,26)(H,24,27);(H,6,7)/t15-;12-;/m00./s1. The van der Waals surface area contributed by atoms with Crippen LogP contribution in [0.5, 0.6) is 11.5 Å². The molecule has 31 heteroatoms. The molecule has 3 heterocycles. The molecule has 0 radical (unpaired) electrons. The zero-order valence-electron chi connectivity index (χ0n) is 37.6. The molecule has 0 aliphatic carbocycles. The number of hydrogen-bond donors (Lipinski definition) is 9. The minimum absolute atomic E-state index is 0.0312. The van der Waals surface area contributed by atoms with Gasteiger partial charge in [-0.2, -0.15) is 39.5 Å². The van der Waals surface area contributed by atoms with Gasteiger partial charge in [0, 0.05) is 26.2 Å². The van der Waals surface area contributed by atoms with Gasteiger partial charge in [0.2, 0.25) is 0 Å². The molecular formula is C43H39F9N6O13S3. The molecule has 5 amide bonds. The van der Waals surface area contributed by atoms with Gasteiger partial charge in [-0.3, -0.25) is 24.0 Å². The molecule has 74 heavy (non-hydrogen) atoms. The smallest absolute Gasteiger partial charge is 0.490 e. The predicted octanol–water partition coefficient (Wildman–Crippen LogP) is 5.43. The molecule has 3 aromatic heterocycles. The Morgan fingerprint density at radius 3 is 1.34 bits per heavy atom. The van der Waals surface area contributed by atoms with E-state index in [4.69, 9.17) is 15.6 Å². The molecule has 0 spiro atoms. The third-order valence-corrected chi connectivity index (χ3v) is 12.1. The van der Waals surface area contributed by atoms with E-state index < -0.39 is 110 Å². The highest BCUT2D eigenvalue weighted by Gasteiger charge is 2.41. The number of thiophene rings is 3. The molecule has 2 aromatic carbocycles. The molecule has 5 rings (SSSR count). The maximum Gasteiger partial charge on any atom is 0.490 e. The Balaban J connectivity index is 0.000000351. The second-order valence-electron chi connectivity index (χ2n) is 14.2. The number of aliphatic carboxylic acids is 1. The largest absolute Gasteiger partial charge is 0.508 e. The summed E-state index contributed by atoms with van der Waals surface area (Å²) in [6.45, 7) is -0.963. The minimum atomic E-state index is -5.08. The Morgan fingerprint density at radius 2 is 0.986 bits per heavy atom. The van der Waals surface area contributed by atoms with Crippen molar-refractivity contribution in [3.63, 3.8) is 0 Å². The van der Waals surface area contributed by atoms with Gasteiger partial charge in [0.15, 0.2) is 0 Å². The number of hydrogen-bond acceptors (Lipinski definition) is 16. The molecule has 0 saturated heterocycles. The quantitative estimate of drug-likeness (QED) is 0.0440. The lowest BCUT2D eigenvalue weighted by molar-refractivity contribution is -0.192. The first-order chi connectivity index (χ1) is 34.5. The van der Waals surface area contributed by atoms with Gasteiger partial charge in [-0.25, -0.2) is 14.4 Å². The predicted molar refractivity (Wildman–Crippen MR) is 243 cm³/mol. The van der Waals surface area contributed by atoms with Crippen LogP contribution in [0.1, 0.15) is 70.6 Å². The Morgan fingerprint density at radius 1 is 0.581 bits per heavy atom. The van der Waals surface area contributed by atoms with E-state index in [9.17, 15) is 83.3 Å². The summed E-state index contributed by atoms with van der Waals surface area (Å²) in [5, 5.41) is 39.2. The Bertz CT molecular complexity index is 2800. The molecular weight excluding hydrogens is 1080 g/mol. The number of nitrogens with one attached hydrogen (secondary N) is 5. The van der Waals surface area contributed by atoms with E-state index in [2.05, 4.69) is 36.1 Å². The molecule has 400 valence electrons. The highest BCUT2D eigenvalue weighted by atomic mass is 32.1. The molecule has 0 aliphatic rings. The van der Waals surface area contributed by atoms with Crippen LogP contribution in [0.2, 0.25) is 0 Å². The van der Waals surface area contributed by atoms with Crippen molar-refractivity contribution in [2.75, 3.05) is 27.3 Å². The normalized spacial score (nSPS) is 11.9. The Labute approximate surface area is 422 Å². The van der Waals surface area contributed by atoms with Crippen molar-refractivity contribution in [3.05, 3.63) is 125 Å². The van der Waals surface area contributed by atoms with Crippen LogP contribution in [0.25, 0.3) is 0 Å². The number of halogens is 9. The highest BCUT2D eigenvalue weighted by Crippen LogP contribution is 2.38. The number of carbonyl (C=O) groups excluding carboxylic acids is 7. The number of carboxylic acid groups (broad SMARTS) is 1. The van der Waals surface area contributed by atoms with Gasteiger partial charge in [-0.15, -0.1) is 34.0 Å². The van der Waals surface area contributed by atoms with E-state index in [1.807, 2.05) is 0 Å². The summed E-state index contributed by atoms with van der Waals surface area (Å²) >= 11 is 1.75. The first kappa shape index (κ1) is 60.5. The van der Waals surface area contributed by atoms with Crippen LogP contribution in [-0.2, 0) is 49.3 Å². The molecule has 2 atom stereocenters. The first-order valence-corrected chi connectivity index (χ1v) is 22.6. The number of nitrogens with two attached hydrogens (primary N) is 1. The lowest BCUT2D eigenvalue weighted by Gasteiger charge is -2.17. The molecule has 0 aliphatic heterocycles. The van der Waals surface area contributed by atoms with Gasteiger partial charge in [0.05, 0.1) is 40.0 Å². The van der Waals surface area contributed by atoms with Crippen molar-refractivity contribution in [3.8, 4) is 11.5 Å². The fourth-order valence-electron chi connectivity index (χ4n) is 5.47. The van der Waals surface area contributed by atoms with Crippen molar-refractivity contribution >= 4 is 81.5 Å². The van der Waals surface area contributed by atoms with Crippen LogP contribution < -0.4 is 32.3 Å². The Kier molecular flexibility index (Phi) is 21.9. The van der Waals surface area contributed by atoms with Crippen LogP contribution >= 0.6 is 34.0 Å². The number of aromatic hydroxyl groups is 2. The van der Waals surface area contributed by atoms with E-state index in [0.29, 0.717) is 50.8 Å². The van der Waals surface area contributed by atoms with Crippen molar-refractivity contribution in [2.24, 2.45) is 5.73 Å². The summed E-state index contributed by atoms with van der Waals surface area (Å²) in [5.41, 5.74) is 3.70. The molecule has 10 N–H and O–H groups in total. The summed E-state index contributed by atoms with van der Waals surface area (Å²) in [6, 6.07) is 13.3. The van der Waals surface area contributed by atoms with Crippen LogP contribution in [0.15, 0.2) is 78.2 Å². The number of esters is 2. The van der Waals surface area contributed by atoms with Gasteiger partial charge in [-0.05, 0) is 59.0 Å². The van der Waals surface area contributed by atoms with Gasteiger partial charge in [0.25, 0.3) is 29.5 Å². The number of phenolic OH excluding ortho intramolecular Hbond substituents is 2. The molecule has 5 aromatic rings. The minimum Gasteiger partial charge on any atom is -0.508 e. The van der Waals surface area contributed by atoms with Crippen molar-refractivity contribution in [1.82, 2.24) is 26.6 Å². The lowest BCUT2D eigenvalue weighted by atomic mass is 10.2. The first-order valence-electron chi connectivity index (χ1n) is 20.1. The average Bonchev–Trinajstić information content (AvgIpc) is 4.14. The zero-order valence-corrected chi connectivity index (χ0v) is 40.1. The van der Waals surface area contributed by atoms with Crippen LogP contribution in [-0.4, -0.2) is 108 Å². The lowest BCUT2D eigenvalue weighted by Crippen LogP contribution is -2.49. The van der Waals surface area contributed by atoms with Gasteiger partial charge >= 0.3 is 36.4 Å². The molecule has 0 unspecified atom stereocenters. The summed E-state index contributed by atoms with van der Waals surface area (Å²) in [6.07, 6.45) is -15.0. The van der Waals surface area contributed by atoms with Gasteiger partial charge in [0.1, 0.15) is 33.3 Å². The molecule has 19 nitrogen and oxygen atoms in total. The maximum absolute atomic E-state index is 13.7. The van der Waals surface area contributed by atoms with E-state index in [0.717, 1.165) is 25.6 Å². The summed E-state index contributed by atoms with van der Waals surface area (Å²) < 4.78 is 122. The third kappa shape index (κ3) is 18.4. The zero-order chi connectivity index (χ0) is 55.7. The van der Waals surface area contributed by atoms with E-state index in [-0.39, 0.29) is 36.0 Å². The molecule has 0 bridgehead atoms. The highest BCUT2D eigenvalue weighted by molar-refractivity contribution is 7.16. The van der Waals surface area contributed by atoms with Crippen LogP contribution in [0.3, 0.4) is 0 Å². The summed E-state index contributed by atoms with van der Waals surface area (Å²) in [5.74, 6) is -9.48. The number of carbonyl (C=O) groups is 8.